The minimum atomic E-state index is -0.316. The van der Waals surface area contributed by atoms with Crippen LogP contribution in [0.5, 0.6) is 0 Å². The Morgan fingerprint density at radius 2 is 0.864 bits per heavy atom. The fourth-order valence-electron chi connectivity index (χ4n) is 8.43. The van der Waals surface area contributed by atoms with Crippen LogP contribution in [0.4, 0.5) is 5.69 Å². The topological polar surface area (TPSA) is 91.7 Å². The quantitative estimate of drug-likeness (QED) is 0.119. The van der Waals surface area contributed by atoms with Crippen LogP contribution in [0, 0.1) is 10.1 Å². The van der Waals surface area contributed by atoms with E-state index in [1.807, 2.05) is 103 Å². The van der Waals surface area contributed by atoms with E-state index in [4.69, 9.17) is 15.0 Å². The number of benzene rings is 8. The zero-order chi connectivity index (χ0) is 39.5. The van der Waals surface area contributed by atoms with Crippen LogP contribution >= 0.6 is 0 Å². The van der Waals surface area contributed by atoms with Crippen LogP contribution in [0.1, 0.15) is 0 Å². The van der Waals surface area contributed by atoms with E-state index in [2.05, 4.69) is 88.0 Å². The van der Waals surface area contributed by atoms with E-state index in [0.717, 1.165) is 66.1 Å². The average molecular weight is 761 g/mol. The molecule has 8 aromatic carbocycles. The zero-order valence-electron chi connectivity index (χ0n) is 31.5. The van der Waals surface area contributed by atoms with Crippen molar-refractivity contribution >= 4 is 49.3 Å². The highest BCUT2D eigenvalue weighted by atomic mass is 16.6. The minimum Gasteiger partial charge on any atom is -0.309 e. The molecule has 3 heterocycles. The summed E-state index contributed by atoms with van der Waals surface area (Å²) >= 11 is 0. The second kappa shape index (κ2) is 13.8. The van der Waals surface area contributed by atoms with Gasteiger partial charge in [0.2, 0.25) is 0 Å². The molecule has 0 aliphatic carbocycles. The summed E-state index contributed by atoms with van der Waals surface area (Å²) in [4.78, 5) is 27.3. The van der Waals surface area contributed by atoms with Crippen LogP contribution in [0.2, 0.25) is 0 Å². The molecule has 0 unspecified atom stereocenters. The van der Waals surface area contributed by atoms with Gasteiger partial charge in [0.1, 0.15) is 0 Å². The number of hydrogen-bond acceptors (Lipinski definition) is 5. The van der Waals surface area contributed by atoms with Crippen molar-refractivity contribution in [3.05, 3.63) is 204 Å². The number of nitro groups is 1. The molecule has 8 heteroatoms. The van der Waals surface area contributed by atoms with Gasteiger partial charge in [-0.05, 0) is 60.7 Å². The van der Waals surface area contributed by atoms with E-state index >= 15 is 0 Å². The first-order valence-electron chi connectivity index (χ1n) is 19.4. The predicted octanol–water partition coefficient (Wildman–Crippen LogP) is 12.6. The van der Waals surface area contributed by atoms with Crippen molar-refractivity contribution in [2.45, 2.75) is 0 Å². The first-order chi connectivity index (χ1) is 29.1. The second-order valence-corrected chi connectivity index (χ2v) is 14.5. The van der Waals surface area contributed by atoms with Gasteiger partial charge in [-0.3, -0.25) is 10.1 Å². The summed E-state index contributed by atoms with van der Waals surface area (Å²) < 4.78 is 4.57. The molecule has 0 aliphatic rings. The largest absolute Gasteiger partial charge is 0.309 e. The van der Waals surface area contributed by atoms with E-state index < -0.39 is 0 Å². The molecule has 0 spiro atoms. The minimum absolute atomic E-state index is 0.00517. The fraction of sp³-hybridized carbons (Fsp3) is 0. The lowest BCUT2D eigenvalue weighted by molar-refractivity contribution is -0.384. The highest BCUT2D eigenvalue weighted by Crippen LogP contribution is 2.43. The van der Waals surface area contributed by atoms with Gasteiger partial charge in [-0.25, -0.2) is 15.0 Å². The Morgan fingerprint density at radius 3 is 1.46 bits per heavy atom. The van der Waals surface area contributed by atoms with Crippen molar-refractivity contribution in [2.75, 3.05) is 0 Å². The van der Waals surface area contributed by atoms with Gasteiger partial charge in [0.15, 0.2) is 17.5 Å². The zero-order valence-corrected chi connectivity index (χ0v) is 31.5. The molecular weight excluding hydrogens is 729 g/mol. The van der Waals surface area contributed by atoms with Crippen molar-refractivity contribution < 1.29 is 4.92 Å². The molecule has 0 N–H and O–H groups in total. The van der Waals surface area contributed by atoms with Gasteiger partial charge in [-0.15, -0.1) is 0 Å². The highest BCUT2D eigenvalue weighted by Gasteiger charge is 2.24. The molecule has 0 saturated heterocycles. The molecule has 11 aromatic rings. The molecule has 0 bridgehead atoms. The lowest BCUT2D eigenvalue weighted by Gasteiger charge is -2.16. The smallest absolute Gasteiger partial charge is 0.277 e. The monoisotopic (exact) mass is 760 g/mol. The van der Waals surface area contributed by atoms with Gasteiger partial charge in [0, 0.05) is 55.6 Å². The van der Waals surface area contributed by atoms with E-state index in [1.165, 1.54) is 0 Å². The molecule has 0 saturated carbocycles. The van der Waals surface area contributed by atoms with Gasteiger partial charge in [0.05, 0.1) is 38.2 Å². The number of para-hydroxylation sites is 4. The number of aromatic nitrogens is 5. The standard InChI is InChI=1S/C51H32N6O2/c58-57(59)46-27-15-12-24-39(46)40-30-35(51-53-49(33-16-4-1-5-17-33)52-50(54-51)34-18-6-2-7-19-34)28-29-45(40)56-44-26-14-11-23-38(44)42-31-47-41(32-48(42)56)37-22-10-13-25-43(37)55(47)36-20-8-3-9-21-36/h1-32H. The molecule has 3 aromatic heterocycles. The summed E-state index contributed by atoms with van der Waals surface area (Å²) in [5.41, 5.74) is 9.64. The summed E-state index contributed by atoms with van der Waals surface area (Å²) in [6, 6.07) is 64.5. The Balaban J connectivity index is 1.21. The van der Waals surface area contributed by atoms with Crippen LogP contribution in [0.15, 0.2) is 194 Å². The van der Waals surface area contributed by atoms with Crippen molar-refractivity contribution in [3.63, 3.8) is 0 Å². The third kappa shape index (κ3) is 5.65. The predicted molar refractivity (Wildman–Crippen MR) is 237 cm³/mol. The Bertz CT molecular complexity index is 3350. The van der Waals surface area contributed by atoms with Crippen molar-refractivity contribution in [1.29, 1.82) is 0 Å². The second-order valence-electron chi connectivity index (χ2n) is 14.5. The maximum Gasteiger partial charge on any atom is 0.277 e. The number of fused-ring (bicyclic) bond motifs is 6. The summed E-state index contributed by atoms with van der Waals surface area (Å²) in [5, 5.41) is 17.1. The molecule has 0 amide bonds. The van der Waals surface area contributed by atoms with E-state index in [1.54, 1.807) is 12.1 Å². The lowest BCUT2D eigenvalue weighted by Crippen LogP contribution is -2.02. The number of nitrogens with zero attached hydrogens (tertiary/aromatic N) is 6. The van der Waals surface area contributed by atoms with Gasteiger partial charge in [0.25, 0.3) is 5.69 Å². The average Bonchev–Trinajstić information content (AvgIpc) is 3.80. The highest BCUT2D eigenvalue weighted by molar-refractivity contribution is 6.19. The number of nitro benzene ring substituents is 1. The first-order valence-corrected chi connectivity index (χ1v) is 19.4. The Kier molecular flexibility index (Phi) is 7.94. The SMILES string of the molecule is O=[N+]([O-])c1ccccc1-c1cc(-c2nc(-c3ccccc3)nc(-c3ccccc3)n2)ccc1-n1c2ccccc2c2cc3c(cc21)c1ccccc1n3-c1ccccc1. The maximum absolute atomic E-state index is 12.7. The molecule has 11 rings (SSSR count). The van der Waals surface area contributed by atoms with Gasteiger partial charge in [-0.1, -0.05) is 127 Å². The normalized spacial score (nSPS) is 11.5. The van der Waals surface area contributed by atoms with Gasteiger partial charge >= 0.3 is 0 Å². The summed E-state index contributed by atoms with van der Waals surface area (Å²) in [6.07, 6.45) is 0. The van der Waals surface area contributed by atoms with Crippen LogP contribution in [0.25, 0.3) is 100 Å². The molecule has 59 heavy (non-hydrogen) atoms. The molecule has 0 aliphatic heterocycles. The fourth-order valence-corrected chi connectivity index (χ4v) is 8.43. The summed E-state index contributed by atoms with van der Waals surface area (Å²) in [7, 11) is 0. The molecule has 278 valence electrons. The Morgan fingerprint density at radius 1 is 0.390 bits per heavy atom. The van der Waals surface area contributed by atoms with E-state index in [0.29, 0.717) is 34.2 Å². The first kappa shape index (κ1) is 34.1. The Hall–Kier alpha value is -8.23. The van der Waals surface area contributed by atoms with Crippen LogP contribution < -0.4 is 0 Å². The van der Waals surface area contributed by atoms with Crippen LogP contribution in [-0.4, -0.2) is 29.0 Å². The third-order valence-electron chi connectivity index (χ3n) is 11.1. The third-order valence-corrected chi connectivity index (χ3v) is 11.1. The number of rotatable bonds is 7. The van der Waals surface area contributed by atoms with Crippen molar-refractivity contribution in [1.82, 2.24) is 24.1 Å². The van der Waals surface area contributed by atoms with Crippen LogP contribution in [0.3, 0.4) is 0 Å². The molecule has 0 atom stereocenters. The lowest BCUT2D eigenvalue weighted by atomic mass is 9.98. The number of hydrogen-bond donors (Lipinski definition) is 0. The van der Waals surface area contributed by atoms with Crippen molar-refractivity contribution in [2.24, 2.45) is 0 Å². The Labute approximate surface area is 338 Å². The molecular formula is C51H32N6O2. The molecule has 0 radical (unpaired) electrons. The van der Waals surface area contributed by atoms with E-state index in [-0.39, 0.29) is 10.6 Å². The summed E-state index contributed by atoms with van der Waals surface area (Å²) in [5.74, 6) is 1.53. The van der Waals surface area contributed by atoms with Gasteiger partial charge < -0.3 is 9.13 Å². The molecule has 0 fully saturated rings. The van der Waals surface area contributed by atoms with E-state index in [9.17, 15) is 10.1 Å². The molecule has 8 nitrogen and oxygen atoms in total. The maximum atomic E-state index is 12.7. The van der Waals surface area contributed by atoms with Crippen molar-refractivity contribution in [3.8, 4) is 56.7 Å². The van der Waals surface area contributed by atoms with Gasteiger partial charge in [-0.2, -0.15) is 0 Å². The summed E-state index contributed by atoms with van der Waals surface area (Å²) in [6.45, 7) is 0. The van der Waals surface area contributed by atoms with Crippen LogP contribution in [-0.2, 0) is 0 Å².